The van der Waals surface area contributed by atoms with E-state index in [4.69, 9.17) is 15.8 Å². The summed E-state index contributed by atoms with van der Waals surface area (Å²) in [5.41, 5.74) is 0. The highest BCUT2D eigenvalue weighted by molar-refractivity contribution is 8.13. The van der Waals surface area contributed by atoms with Crippen molar-refractivity contribution in [3.63, 3.8) is 0 Å². The van der Waals surface area contributed by atoms with E-state index in [1.54, 1.807) is 6.92 Å². The van der Waals surface area contributed by atoms with Crippen LogP contribution in [0.15, 0.2) is 0 Å². The molecule has 78 valence electrons. The van der Waals surface area contributed by atoms with E-state index < -0.39 is 15.1 Å². The molecule has 1 unspecified atom stereocenters. The summed E-state index contributed by atoms with van der Waals surface area (Å²) in [6.07, 6.45) is -0.757. The zero-order valence-corrected chi connectivity index (χ0v) is 8.73. The maximum absolute atomic E-state index is 10.5. The topological polar surface area (TPSA) is 83.5 Å². The average molecular weight is 230 g/mol. The first-order chi connectivity index (χ1) is 5.81. The zero-order valence-electron chi connectivity index (χ0n) is 7.16. The van der Waals surface area contributed by atoms with Gasteiger partial charge in [-0.3, -0.25) is 0 Å². The van der Waals surface area contributed by atoms with Gasteiger partial charge >= 0.3 is 6.09 Å². The number of hydrogen-bond donors (Lipinski definition) is 2. The van der Waals surface area contributed by atoms with Crippen LogP contribution in [0.1, 0.15) is 13.3 Å². The van der Waals surface area contributed by atoms with Crippen LogP contribution in [0.25, 0.3) is 0 Å². The Morgan fingerprint density at radius 3 is 2.54 bits per heavy atom. The highest BCUT2D eigenvalue weighted by Crippen LogP contribution is 2.06. The third-order valence-corrected chi connectivity index (χ3v) is 2.64. The van der Waals surface area contributed by atoms with Crippen LogP contribution >= 0.6 is 10.7 Å². The van der Waals surface area contributed by atoms with Crippen molar-refractivity contribution in [2.75, 3.05) is 12.3 Å². The van der Waals surface area contributed by atoms with Gasteiger partial charge in [0.25, 0.3) is 0 Å². The number of amides is 1. The number of nitrogens with one attached hydrogen (secondary N) is 1. The predicted molar refractivity (Wildman–Crippen MR) is 49.4 cm³/mol. The third kappa shape index (κ3) is 9.42. The van der Waals surface area contributed by atoms with E-state index in [-0.39, 0.29) is 18.2 Å². The first-order valence-electron chi connectivity index (χ1n) is 3.70. The van der Waals surface area contributed by atoms with Gasteiger partial charge in [0.2, 0.25) is 9.05 Å². The predicted octanol–water partition coefficient (Wildman–Crippen LogP) is 0.849. The molecule has 5 nitrogen and oxygen atoms in total. The largest absolute Gasteiger partial charge is 0.465 e. The average Bonchev–Trinajstić information content (AvgIpc) is 1.95. The maximum atomic E-state index is 10.5. The summed E-state index contributed by atoms with van der Waals surface area (Å²) in [7, 11) is 1.51. The second kappa shape index (κ2) is 5.29. The summed E-state index contributed by atoms with van der Waals surface area (Å²) < 4.78 is 21.0. The lowest BCUT2D eigenvalue weighted by Crippen LogP contribution is -2.27. The van der Waals surface area contributed by atoms with Crippen LogP contribution in [0, 0.1) is 5.92 Å². The van der Waals surface area contributed by atoms with Crippen LogP contribution < -0.4 is 5.32 Å². The molecule has 0 bridgehead atoms. The van der Waals surface area contributed by atoms with Gasteiger partial charge in [0.15, 0.2) is 0 Å². The molecule has 0 aliphatic carbocycles. The SMILES string of the molecule is CC(CCS(=O)(=O)Cl)CNC(=O)O. The van der Waals surface area contributed by atoms with Crippen molar-refractivity contribution in [3.05, 3.63) is 0 Å². The molecule has 0 aromatic heterocycles. The van der Waals surface area contributed by atoms with Gasteiger partial charge in [0.05, 0.1) is 5.75 Å². The second-order valence-electron chi connectivity index (χ2n) is 2.82. The summed E-state index contributed by atoms with van der Waals surface area (Å²) in [6.45, 7) is 1.99. The van der Waals surface area contributed by atoms with Crippen molar-refractivity contribution in [2.45, 2.75) is 13.3 Å². The molecule has 0 saturated heterocycles. The van der Waals surface area contributed by atoms with Gasteiger partial charge < -0.3 is 10.4 Å². The molecule has 0 spiro atoms. The van der Waals surface area contributed by atoms with E-state index in [1.165, 1.54) is 0 Å². The summed E-state index contributed by atoms with van der Waals surface area (Å²) in [6, 6.07) is 0. The van der Waals surface area contributed by atoms with Gasteiger partial charge in [-0.05, 0) is 12.3 Å². The number of hydrogen-bond acceptors (Lipinski definition) is 3. The molecule has 7 heteroatoms. The van der Waals surface area contributed by atoms with Gasteiger partial charge in [0, 0.05) is 17.2 Å². The zero-order chi connectivity index (χ0) is 10.5. The molecule has 0 saturated carbocycles. The first-order valence-corrected chi connectivity index (χ1v) is 6.18. The van der Waals surface area contributed by atoms with Gasteiger partial charge in [-0.1, -0.05) is 6.92 Å². The van der Waals surface area contributed by atoms with Crippen LogP contribution in [-0.4, -0.2) is 31.9 Å². The van der Waals surface area contributed by atoms with Crippen LogP contribution in [0.3, 0.4) is 0 Å². The van der Waals surface area contributed by atoms with E-state index in [2.05, 4.69) is 5.32 Å². The third-order valence-electron chi connectivity index (χ3n) is 1.46. The number of carbonyl (C=O) groups is 1. The Hall–Kier alpha value is -0.490. The number of rotatable bonds is 5. The fourth-order valence-electron chi connectivity index (χ4n) is 0.706. The van der Waals surface area contributed by atoms with Crippen molar-refractivity contribution in [2.24, 2.45) is 5.92 Å². The van der Waals surface area contributed by atoms with Crippen molar-refractivity contribution in [1.82, 2.24) is 5.32 Å². The molecule has 0 heterocycles. The maximum Gasteiger partial charge on any atom is 0.404 e. The Labute approximate surface area is 81.5 Å². The van der Waals surface area contributed by atoms with Crippen LogP contribution in [0.4, 0.5) is 4.79 Å². The smallest absolute Gasteiger partial charge is 0.404 e. The minimum absolute atomic E-state index is 0.0374. The van der Waals surface area contributed by atoms with Crippen molar-refractivity contribution < 1.29 is 18.3 Å². The Morgan fingerprint density at radius 2 is 2.15 bits per heavy atom. The van der Waals surface area contributed by atoms with E-state index in [1.807, 2.05) is 0 Å². The van der Waals surface area contributed by atoms with E-state index in [0.717, 1.165) is 0 Å². The summed E-state index contributed by atoms with van der Waals surface area (Å²) in [5.74, 6) is -0.165. The molecule has 0 aliphatic heterocycles. The van der Waals surface area contributed by atoms with E-state index in [0.29, 0.717) is 6.42 Å². The summed E-state index contributed by atoms with van der Waals surface area (Å²) in [5, 5.41) is 10.4. The molecule has 0 rings (SSSR count). The quantitative estimate of drug-likeness (QED) is 0.685. The molecular formula is C6H12ClNO4S. The summed E-state index contributed by atoms with van der Waals surface area (Å²) in [4.78, 5) is 10.0. The lowest BCUT2D eigenvalue weighted by atomic mass is 10.1. The van der Waals surface area contributed by atoms with Gasteiger partial charge in [0.1, 0.15) is 0 Å². The molecule has 1 amide bonds. The highest BCUT2D eigenvalue weighted by atomic mass is 35.7. The lowest BCUT2D eigenvalue weighted by Gasteiger charge is -2.08. The minimum Gasteiger partial charge on any atom is -0.465 e. The Morgan fingerprint density at radius 1 is 1.62 bits per heavy atom. The highest BCUT2D eigenvalue weighted by Gasteiger charge is 2.10. The Kier molecular flexibility index (Phi) is 5.09. The van der Waals surface area contributed by atoms with Crippen molar-refractivity contribution in [3.8, 4) is 0 Å². The fraction of sp³-hybridized carbons (Fsp3) is 0.833. The number of carboxylic acid groups (broad SMARTS) is 1. The van der Waals surface area contributed by atoms with E-state index >= 15 is 0 Å². The molecule has 0 radical (unpaired) electrons. The fourth-order valence-corrected chi connectivity index (χ4v) is 1.66. The monoisotopic (exact) mass is 229 g/mol. The molecule has 0 aromatic carbocycles. The Balaban J connectivity index is 3.64. The van der Waals surface area contributed by atoms with Gasteiger partial charge in [-0.2, -0.15) is 0 Å². The molecule has 0 fully saturated rings. The minimum atomic E-state index is -3.46. The van der Waals surface area contributed by atoms with Crippen molar-refractivity contribution in [1.29, 1.82) is 0 Å². The van der Waals surface area contributed by atoms with Crippen LogP contribution in [0.2, 0.25) is 0 Å². The first kappa shape index (κ1) is 12.5. The van der Waals surface area contributed by atoms with Gasteiger partial charge in [-0.25, -0.2) is 13.2 Å². The standard InChI is InChI=1S/C6H12ClNO4S/c1-5(4-8-6(9)10)2-3-13(7,11)12/h5,8H,2-4H2,1H3,(H,9,10). The lowest BCUT2D eigenvalue weighted by molar-refractivity contribution is 0.192. The van der Waals surface area contributed by atoms with E-state index in [9.17, 15) is 13.2 Å². The number of halogens is 1. The van der Waals surface area contributed by atoms with Gasteiger partial charge in [-0.15, -0.1) is 0 Å². The molecule has 2 N–H and O–H groups in total. The molecule has 0 aliphatic rings. The molecule has 0 aromatic rings. The Bertz CT molecular complexity index is 264. The summed E-state index contributed by atoms with van der Waals surface area (Å²) >= 11 is 0. The van der Waals surface area contributed by atoms with Crippen LogP contribution in [0.5, 0.6) is 0 Å². The normalized spacial score (nSPS) is 13.7. The van der Waals surface area contributed by atoms with Crippen molar-refractivity contribution >= 4 is 25.8 Å². The molecule has 13 heavy (non-hydrogen) atoms. The van der Waals surface area contributed by atoms with Crippen LogP contribution in [-0.2, 0) is 9.05 Å². The molecule has 1 atom stereocenters. The molecular weight excluding hydrogens is 218 g/mol. The second-order valence-corrected chi connectivity index (χ2v) is 5.72.